The molecule has 6 heteroatoms. The van der Waals surface area contributed by atoms with Gasteiger partial charge in [0.2, 0.25) is 0 Å². The molecule has 0 saturated heterocycles. The molecule has 152 valence electrons. The van der Waals surface area contributed by atoms with Gasteiger partial charge in [-0.1, -0.05) is 19.1 Å². The van der Waals surface area contributed by atoms with Crippen LogP contribution in [0.4, 0.5) is 0 Å². The number of halogens is 1. The molecule has 27 heavy (non-hydrogen) atoms. The molecule has 0 aliphatic heterocycles. The highest BCUT2D eigenvalue weighted by molar-refractivity contribution is 14.0. The van der Waals surface area contributed by atoms with Gasteiger partial charge < -0.3 is 15.5 Å². The minimum Gasteiger partial charge on any atom is -0.354 e. The molecule has 0 radical (unpaired) electrons. The van der Waals surface area contributed by atoms with Crippen molar-refractivity contribution >= 4 is 35.8 Å². The first-order valence-corrected chi connectivity index (χ1v) is 9.92. The molecule has 1 saturated carbocycles. The van der Waals surface area contributed by atoms with E-state index >= 15 is 0 Å². The lowest BCUT2D eigenvalue weighted by molar-refractivity contribution is 0.0773. The number of benzene rings is 1. The smallest absolute Gasteiger partial charge is 0.253 e. The molecule has 1 fully saturated rings. The van der Waals surface area contributed by atoms with Crippen molar-refractivity contribution in [2.45, 2.75) is 59.0 Å². The van der Waals surface area contributed by atoms with Gasteiger partial charge >= 0.3 is 0 Å². The monoisotopic (exact) mass is 486 g/mol. The fourth-order valence-corrected chi connectivity index (χ4v) is 3.44. The molecule has 0 atom stereocenters. The molecule has 0 bridgehead atoms. The van der Waals surface area contributed by atoms with E-state index in [2.05, 4.69) is 22.5 Å². The predicted octanol–water partition coefficient (Wildman–Crippen LogP) is 4.03. The second kappa shape index (κ2) is 12.2. The first-order chi connectivity index (χ1) is 12.6. The first kappa shape index (κ1) is 23.7. The lowest BCUT2D eigenvalue weighted by atomic mass is 9.87. The van der Waals surface area contributed by atoms with E-state index in [0.717, 1.165) is 36.1 Å². The van der Waals surface area contributed by atoms with Crippen LogP contribution in [0.15, 0.2) is 29.3 Å². The number of aliphatic imine (C=N–C) groups is 1. The highest BCUT2D eigenvalue weighted by atomic mass is 127. The van der Waals surface area contributed by atoms with Crippen LogP contribution < -0.4 is 10.6 Å². The number of nitrogens with one attached hydrogen (secondary N) is 2. The lowest BCUT2D eigenvalue weighted by Crippen LogP contribution is -2.44. The van der Waals surface area contributed by atoms with E-state index in [1.807, 2.05) is 50.1 Å². The number of guanidine groups is 1. The van der Waals surface area contributed by atoms with E-state index in [1.165, 1.54) is 25.7 Å². The summed E-state index contributed by atoms with van der Waals surface area (Å²) in [6.45, 7) is 8.51. The summed E-state index contributed by atoms with van der Waals surface area (Å²) in [5, 5.41) is 6.92. The number of amides is 1. The van der Waals surface area contributed by atoms with E-state index in [-0.39, 0.29) is 29.9 Å². The molecule has 0 unspecified atom stereocenters. The van der Waals surface area contributed by atoms with Crippen molar-refractivity contribution in [2.75, 3.05) is 20.1 Å². The van der Waals surface area contributed by atoms with Crippen molar-refractivity contribution in [1.29, 1.82) is 0 Å². The Morgan fingerprint density at radius 3 is 2.22 bits per heavy atom. The molecular formula is C21H35IN4O. The van der Waals surface area contributed by atoms with Crippen molar-refractivity contribution in [3.05, 3.63) is 35.4 Å². The van der Waals surface area contributed by atoms with Crippen molar-refractivity contribution in [2.24, 2.45) is 10.9 Å². The average molecular weight is 486 g/mol. The van der Waals surface area contributed by atoms with Crippen molar-refractivity contribution in [3.63, 3.8) is 0 Å². The minimum atomic E-state index is 0. The summed E-state index contributed by atoms with van der Waals surface area (Å²) >= 11 is 0. The Morgan fingerprint density at radius 2 is 1.70 bits per heavy atom. The van der Waals surface area contributed by atoms with E-state index in [1.54, 1.807) is 0 Å². The molecule has 2 rings (SSSR count). The number of rotatable bonds is 6. The Kier molecular flexibility index (Phi) is 10.7. The molecule has 0 heterocycles. The third kappa shape index (κ3) is 7.31. The van der Waals surface area contributed by atoms with E-state index < -0.39 is 0 Å². The molecule has 5 nitrogen and oxygen atoms in total. The summed E-state index contributed by atoms with van der Waals surface area (Å²) < 4.78 is 0. The molecule has 1 aromatic carbocycles. The first-order valence-electron chi connectivity index (χ1n) is 9.92. The fourth-order valence-electron chi connectivity index (χ4n) is 3.44. The number of carbonyl (C=O) groups excluding carboxylic acids is 1. The summed E-state index contributed by atoms with van der Waals surface area (Å²) in [6.07, 6.45) is 5.00. The topological polar surface area (TPSA) is 56.7 Å². The third-order valence-corrected chi connectivity index (χ3v) is 5.29. The molecular weight excluding hydrogens is 451 g/mol. The van der Waals surface area contributed by atoms with Crippen LogP contribution in [0.25, 0.3) is 0 Å². The van der Waals surface area contributed by atoms with Gasteiger partial charge in [0.25, 0.3) is 5.91 Å². The summed E-state index contributed by atoms with van der Waals surface area (Å²) in [5.41, 5.74) is 1.89. The Bertz CT molecular complexity index is 591. The normalized spacial score (nSPS) is 19.8. The molecule has 0 aromatic heterocycles. The fraction of sp³-hybridized carbons (Fsp3) is 0.619. The molecule has 1 aliphatic carbocycles. The molecule has 1 amide bonds. The SMILES string of the molecule is CCN(CC)C(=O)c1ccc(CNC(=NC)NC2CCC(C)CC2)cc1.I. The third-order valence-electron chi connectivity index (χ3n) is 5.29. The van der Waals surface area contributed by atoms with Crippen LogP contribution in [0, 0.1) is 5.92 Å². The Hall–Kier alpha value is -1.31. The van der Waals surface area contributed by atoms with Gasteiger partial charge in [0.05, 0.1) is 0 Å². The van der Waals surface area contributed by atoms with Gasteiger partial charge in [-0.3, -0.25) is 9.79 Å². The zero-order valence-electron chi connectivity index (χ0n) is 17.1. The molecule has 1 aliphatic rings. The molecule has 1 aromatic rings. The number of hydrogen-bond donors (Lipinski definition) is 2. The average Bonchev–Trinajstić information content (AvgIpc) is 2.68. The van der Waals surface area contributed by atoms with Gasteiger partial charge in [0, 0.05) is 38.3 Å². The van der Waals surface area contributed by atoms with Gasteiger partial charge in [-0.2, -0.15) is 0 Å². The zero-order valence-corrected chi connectivity index (χ0v) is 19.5. The number of carbonyl (C=O) groups is 1. The number of hydrogen-bond acceptors (Lipinski definition) is 2. The minimum absolute atomic E-state index is 0. The van der Waals surface area contributed by atoms with Gasteiger partial charge in [0.15, 0.2) is 5.96 Å². The summed E-state index contributed by atoms with van der Waals surface area (Å²) in [6, 6.07) is 8.37. The highest BCUT2D eigenvalue weighted by Gasteiger charge is 2.18. The van der Waals surface area contributed by atoms with Crippen LogP contribution in [0.3, 0.4) is 0 Å². The maximum atomic E-state index is 12.4. The standard InChI is InChI=1S/C21H34N4O.HI/c1-5-25(6-2)20(26)18-11-9-17(10-12-18)15-23-21(22-4)24-19-13-7-16(3)8-14-19;/h9-12,16,19H,5-8,13-15H2,1-4H3,(H2,22,23,24);1H. The summed E-state index contributed by atoms with van der Waals surface area (Å²) in [4.78, 5) is 18.5. The van der Waals surface area contributed by atoms with Gasteiger partial charge in [0.1, 0.15) is 0 Å². The van der Waals surface area contributed by atoms with Crippen LogP contribution >= 0.6 is 24.0 Å². The maximum absolute atomic E-state index is 12.4. The van der Waals surface area contributed by atoms with Crippen LogP contribution in [-0.2, 0) is 6.54 Å². The number of nitrogens with zero attached hydrogens (tertiary/aromatic N) is 2. The Balaban J connectivity index is 0.00000364. The predicted molar refractivity (Wildman–Crippen MR) is 124 cm³/mol. The second-order valence-electron chi connectivity index (χ2n) is 7.20. The summed E-state index contributed by atoms with van der Waals surface area (Å²) in [5.74, 6) is 1.80. The van der Waals surface area contributed by atoms with Crippen LogP contribution in [0.2, 0.25) is 0 Å². The lowest BCUT2D eigenvalue weighted by Gasteiger charge is -2.28. The van der Waals surface area contributed by atoms with E-state index in [9.17, 15) is 4.79 Å². The van der Waals surface area contributed by atoms with Crippen LogP contribution in [-0.4, -0.2) is 42.9 Å². The van der Waals surface area contributed by atoms with Crippen LogP contribution in [0.5, 0.6) is 0 Å². The molecule has 0 spiro atoms. The molecule has 2 N–H and O–H groups in total. The maximum Gasteiger partial charge on any atom is 0.253 e. The van der Waals surface area contributed by atoms with Gasteiger partial charge in [-0.25, -0.2) is 0 Å². The van der Waals surface area contributed by atoms with E-state index in [0.29, 0.717) is 12.6 Å². The largest absolute Gasteiger partial charge is 0.354 e. The Morgan fingerprint density at radius 1 is 1.11 bits per heavy atom. The highest BCUT2D eigenvalue weighted by Crippen LogP contribution is 2.23. The second-order valence-corrected chi connectivity index (χ2v) is 7.20. The van der Waals surface area contributed by atoms with Crippen LogP contribution in [0.1, 0.15) is 62.4 Å². The van der Waals surface area contributed by atoms with Crippen molar-refractivity contribution < 1.29 is 4.79 Å². The summed E-state index contributed by atoms with van der Waals surface area (Å²) in [7, 11) is 1.81. The van der Waals surface area contributed by atoms with Gasteiger partial charge in [-0.05, 0) is 63.1 Å². The van der Waals surface area contributed by atoms with Gasteiger partial charge in [-0.15, -0.1) is 24.0 Å². The van der Waals surface area contributed by atoms with Crippen molar-refractivity contribution in [3.8, 4) is 0 Å². The van der Waals surface area contributed by atoms with E-state index in [4.69, 9.17) is 0 Å². The Labute approximate surface area is 181 Å². The zero-order chi connectivity index (χ0) is 18.9. The van der Waals surface area contributed by atoms with Crippen molar-refractivity contribution in [1.82, 2.24) is 15.5 Å². The quantitative estimate of drug-likeness (QED) is 0.363.